The van der Waals surface area contributed by atoms with E-state index in [9.17, 15) is 10.1 Å². The van der Waals surface area contributed by atoms with Crippen molar-refractivity contribution in [3.05, 3.63) is 28.3 Å². The highest BCUT2D eigenvalue weighted by Crippen LogP contribution is 2.32. The monoisotopic (exact) mass is 267 g/mol. The van der Waals surface area contributed by atoms with E-state index in [2.05, 4.69) is 5.32 Å². The molecule has 0 aliphatic rings. The van der Waals surface area contributed by atoms with Gasteiger partial charge in [-0.3, -0.25) is 10.1 Å². The van der Waals surface area contributed by atoms with Crippen molar-refractivity contribution >= 4 is 11.4 Å². The third kappa shape index (κ3) is 3.35. The van der Waals surface area contributed by atoms with Gasteiger partial charge < -0.3 is 15.8 Å². The maximum atomic E-state index is 11.1. The number of nitro groups is 1. The lowest BCUT2D eigenvalue weighted by molar-refractivity contribution is -0.384. The number of nitro benzene ring substituents is 1. The van der Waals surface area contributed by atoms with Gasteiger partial charge in [-0.05, 0) is 25.0 Å². The summed E-state index contributed by atoms with van der Waals surface area (Å²) in [6.45, 7) is 4.45. The zero-order chi connectivity index (χ0) is 14.5. The molecule has 106 valence electrons. The molecule has 0 saturated carbocycles. The molecule has 19 heavy (non-hydrogen) atoms. The Hall–Kier alpha value is -1.82. The van der Waals surface area contributed by atoms with Gasteiger partial charge in [-0.2, -0.15) is 0 Å². The van der Waals surface area contributed by atoms with Crippen LogP contribution in [0.2, 0.25) is 0 Å². The van der Waals surface area contributed by atoms with Crippen molar-refractivity contribution in [3.63, 3.8) is 0 Å². The molecule has 0 heterocycles. The zero-order valence-corrected chi connectivity index (χ0v) is 11.6. The SMILES string of the molecule is CCC(CC)(CN)Nc1ccc(OC)cc1[N+](=O)[O-]. The number of rotatable bonds is 7. The fourth-order valence-corrected chi connectivity index (χ4v) is 1.95. The van der Waals surface area contributed by atoms with Crippen LogP contribution in [0.5, 0.6) is 5.75 Å². The van der Waals surface area contributed by atoms with Gasteiger partial charge in [0.25, 0.3) is 5.69 Å². The Morgan fingerprint density at radius 2 is 2.05 bits per heavy atom. The molecule has 1 aromatic carbocycles. The molecule has 3 N–H and O–H groups in total. The second-order valence-corrected chi connectivity index (χ2v) is 4.46. The smallest absolute Gasteiger partial charge is 0.296 e. The van der Waals surface area contributed by atoms with E-state index in [1.54, 1.807) is 12.1 Å². The minimum absolute atomic E-state index is 0.000856. The molecule has 6 heteroatoms. The molecule has 0 aromatic heterocycles. The fraction of sp³-hybridized carbons (Fsp3) is 0.538. The summed E-state index contributed by atoms with van der Waals surface area (Å²) in [7, 11) is 1.48. The summed E-state index contributed by atoms with van der Waals surface area (Å²) in [5, 5.41) is 14.3. The summed E-state index contributed by atoms with van der Waals surface area (Å²) in [4.78, 5) is 10.7. The number of nitrogens with two attached hydrogens (primary N) is 1. The summed E-state index contributed by atoms with van der Waals surface area (Å²) in [6.07, 6.45) is 1.59. The molecule has 0 fully saturated rings. The lowest BCUT2D eigenvalue weighted by Crippen LogP contribution is -2.44. The maximum Gasteiger partial charge on any atom is 0.296 e. The van der Waals surface area contributed by atoms with Crippen LogP contribution in [0.4, 0.5) is 11.4 Å². The lowest BCUT2D eigenvalue weighted by Gasteiger charge is -2.32. The average molecular weight is 267 g/mol. The van der Waals surface area contributed by atoms with Crippen LogP contribution in [0, 0.1) is 10.1 Å². The first-order valence-electron chi connectivity index (χ1n) is 6.32. The van der Waals surface area contributed by atoms with E-state index < -0.39 is 4.92 Å². The number of hydrogen-bond donors (Lipinski definition) is 2. The van der Waals surface area contributed by atoms with Crippen molar-refractivity contribution in [3.8, 4) is 5.75 Å². The molecule has 0 saturated heterocycles. The van der Waals surface area contributed by atoms with Crippen LogP contribution >= 0.6 is 0 Å². The third-order valence-electron chi connectivity index (χ3n) is 3.55. The van der Waals surface area contributed by atoms with Gasteiger partial charge in [-0.25, -0.2) is 0 Å². The number of methoxy groups -OCH3 is 1. The molecule has 6 nitrogen and oxygen atoms in total. The highest BCUT2D eigenvalue weighted by Gasteiger charge is 2.27. The molecule has 0 radical (unpaired) electrons. The van der Waals surface area contributed by atoms with Crippen LogP contribution in [0.25, 0.3) is 0 Å². The predicted octanol–water partition coefficient (Wildman–Crippen LogP) is 2.53. The Labute approximate surface area is 113 Å². The minimum Gasteiger partial charge on any atom is -0.496 e. The molecule has 0 spiro atoms. The molecular weight excluding hydrogens is 246 g/mol. The summed E-state index contributed by atoms with van der Waals surface area (Å²) < 4.78 is 5.01. The molecule has 0 bridgehead atoms. The standard InChI is InChI=1S/C13H21N3O3/c1-4-13(5-2,9-14)15-11-7-6-10(19-3)8-12(11)16(17)18/h6-8,15H,4-5,9,14H2,1-3H3. The first-order valence-corrected chi connectivity index (χ1v) is 6.32. The second kappa shape index (κ2) is 6.38. The van der Waals surface area contributed by atoms with E-state index in [4.69, 9.17) is 10.5 Å². The Balaban J connectivity index is 3.16. The van der Waals surface area contributed by atoms with Crippen molar-refractivity contribution in [2.75, 3.05) is 19.0 Å². The summed E-state index contributed by atoms with van der Waals surface area (Å²) in [5.74, 6) is 0.462. The summed E-state index contributed by atoms with van der Waals surface area (Å²) >= 11 is 0. The van der Waals surface area contributed by atoms with Crippen LogP contribution in [0.15, 0.2) is 18.2 Å². The van der Waals surface area contributed by atoms with Gasteiger partial charge in [-0.1, -0.05) is 13.8 Å². The molecule has 0 atom stereocenters. The summed E-state index contributed by atoms with van der Waals surface area (Å²) in [5.41, 5.74) is 5.95. The highest BCUT2D eigenvalue weighted by atomic mass is 16.6. The van der Waals surface area contributed by atoms with Crippen molar-refractivity contribution in [2.24, 2.45) is 5.73 Å². The molecule has 1 rings (SSSR count). The highest BCUT2D eigenvalue weighted by molar-refractivity contribution is 5.65. The van der Waals surface area contributed by atoms with Crippen LogP contribution in [-0.4, -0.2) is 24.1 Å². The first-order chi connectivity index (χ1) is 9.01. The van der Waals surface area contributed by atoms with Crippen molar-refractivity contribution < 1.29 is 9.66 Å². The van der Waals surface area contributed by atoms with Gasteiger partial charge in [0.05, 0.1) is 18.1 Å². The van der Waals surface area contributed by atoms with E-state index >= 15 is 0 Å². The van der Waals surface area contributed by atoms with Gasteiger partial charge in [0.1, 0.15) is 11.4 Å². The van der Waals surface area contributed by atoms with Gasteiger partial charge in [0, 0.05) is 12.1 Å². The van der Waals surface area contributed by atoms with Crippen LogP contribution in [0.1, 0.15) is 26.7 Å². The second-order valence-electron chi connectivity index (χ2n) is 4.46. The van der Waals surface area contributed by atoms with Crippen molar-refractivity contribution in [1.29, 1.82) is 0 Å². The van der Waals surface area contributed by atoms with E-state index in [-0.39, 0.29) is 11.2 Å². The zero-order valence-electron chi connectivity index (χ0n) is 11.6. The van der Waals surface area contributed by atoms with Crippen molar-refractivity contribution in [1.82, 2.24) is 0 Å². The minimum atomic E-state index is -0.419. The molecule has 0 aliphatic heterocycles. The Morgan fingerprint density at radius 1 is 1.42 bits per heavy atom. The van der Waals surface area contributed by atoms with Crippen LogP contribution in [-0.2, 0) is 0 Å². The average Bonchev–Trinajstić information content (AvgIpc) is 2.45. The van der Waals surface area contributed by atoms with Gasteiger partial charge in [0.15, 0.2) is 0 Å². The Morgan fingerprint density at radius 3 is 2.47 bits per heavy atom. The number of nitrogens with one attached hydrogen (secondary N) is 1. The topological polar surface area (TPSA) is 90.4 Å². The number of anilines is 1. The number of hydrogen-bond acceptors (Lipinski definition) is 5. The molecule has 1 aromatic rings. The van der Waals surface area contributed by atoms with Crippen LogP contribution < -0.4 is 15.8 Å². The predicted molar refractivity (Wildman–Crippen MR) is 75.6 cm³/mol. The first kappa shape index (κ1) is 15.2. The lowest BCUT2D eigenvalue weighted by atomic mass is 9.92. The number of nitrogens with zero attached hydrogens (tertiary/aromatic N) is 1. The van der Waals surface area contributed by atoms with Gasteiger partial charge in [0.2, 0.25) is 0 Å². The number of ether oxygens (including phenoxy) is 1. The van der Waals surface area contributed by atoms with Gasteiger partial charge >= 0.3 is 0 Å². The third-order valence-corrected chi connectivity index (χ3v) is 3.55. The largest absolute Gasteiger partial charge is 0.496 e. The summed E-state index contributed by atoms with van der Waals surface area (Å²) in [6, 6.07) is 4.77. The van der Waals surface area contributed by atoms with Crippen LogP contribution in [0.3, 0.4) is 0 Å². The molecular formula is C13H21N3O3. The van der Waals surface area contributed by atoms with E-state index in [0.29, 0.717) is 18.0 Å². The number of benzene rings is 1. The van der Waals surface area contributed by atoms with Gasteiger partial charge in [-0.15, -0.1) is 0 Å². The molecule has 0 aliphatic carbocycles. The fourth-order valence-electron chi connectivity index (χ4n) is 1.95. The quantitative estimate of drug-likeness (QED) is 0.585. The van der Waals surface area contributed by atoms with Crippen molar-refractivity contribution in [2.45, 2.75) is 32.2 Å². The Kier molecular flexibility index (Phi) is 5.11. The maximum absolute atomic E-state index is 11.1. The Bertz CT molecular complexity index is 436. The molecule has 0 unspecified atom stereocenters. The van der Waals surface area contributed by atoms with E-state index in [0.717, 1.165) is 12.8 Å². The van der Waals surface area contributed by atoms with E-state index in [1.165, 1.54) is 13.2 Å². The van der Waals surface area contributed by atoms with E-state index in [1.807, 2.05) is 13.8 Å². The normalized spacial score (nSPS) is 11.2. The molecule has 0 amide bonds.